The number of piperidine rings is 2. The molecule has 254 valence electrons. The Morgan fingerprint density at radius 3 is 1.48 bits per heavy atom. The maximum Gasteiger partial charge on any atom is 0.0482 e. The number of hydrogen-bond acceptors (Lipinski definition) is 6. The molecule has 0 aromatic rings. The molecule has 6 nitrogen and oxygen atoms in total. The number of carboxylic acids is 2. The first-order chi connectivity index (χ1) is 20.8. The second kappa shape index (κ2) is 14.3. The zero-order valence-electron chi connectivity index (χ0n) is 29.3. The Hall–Kier alpha value is -1.14. The molecule has 2 aliphatic heterocycles. The number of hydrogen-bond donors (Lipinski definition) is 2. The first-order valence-corrected chi connectivity index (χ1v) is 18.8. The average molecular weight is 615 g/mol. The predicted molar refractivity (Wildman–Crippen MR) is 175 cm³/mol. The van der Waals surface area contributed by atoms with Crippen molar-refractivity contribution in [2.75, 3.05) is 0 Å². The molecule has 2 saturated heterocycles. The third-order valence-electron chi connectivity index (χ3n) is 14.1. The molecule has 4 rings (SSSR count). The quantitative estimate of drug-likeness (QED) is 0.232. The van der Waals surface area contributed by atoms with Crippen LogP contribution in [0.3, 0.4) is 0 Å². The van der Waals surface area contributed by atoms with Crippen molar-refractivity contribution in [2.24, 2.45) is 29.1 Å². The normalized spacial score (nSPS) is 36.6. The van der Waals surface area contributed by atoms with Crippen LogP contribution in [0.4, 0.5) is 0 Å². The molecule has 4 aliphatic rings. The van der Waals surface area contributed by atoms with Crippen molar-refractivity contribution in [1.82, 2.24) is 10.6 Å². The van der Waals surface area contributed by atoms with Crippen LogP contribution < -0.4 is 20.8 Å². The fourth-order valence-electron chi connectivity index (χ4n) is 11.1. The molecule has 0 aromatic carbocycles. The van der Waals surface area contributed by atoms with E-state index in [9.17, 15) is 19.8 Å². The molecule has 6 atom stereocenters. The molecule has 0 amide bonds. The van der Waals surface area contributed by atoms with Crippen molar-refractivity contribution in [2.45, 2.75) is 199 Å². The summed E-state index contributed by atoms with van der Waals surface area (Å²) in [5, 5.41) is 33.6. The van der Waals surface area contributed by atoms with Gasteiger partial charge in [-0.15, -0.1) is 0 Å². The maximum atomic E-state index is 14.3. The van der Waals surface area contributed by atoms with E-state index in [1.165, 1.54) is 38.5 Å². The van der Waals surface area contributed by atoms with Gasteiger partial charge in [-0.1, -0.05) is 91.9 Å². The van der Waals surface area contributed by atoms with Gasteiger partial charge in [-0.05, 0) is 108 Å². The average Bonchev–Trinajstić information content (AvgIpc) is 2.99. The zero-order valence-corrected chi connectivity index (χ0v) is 29.3. The highest BCUT2D eigenvalue weighted by molar-refractivity contribution is 5.74. The van der Waals surface area contributed by atoms with E-state index in [0.29, 0.717) is 12.8 Å². The van der Waals surface area contributed by atoms with Gasteiger partial charge in [-0.25, -0.2) is 0 Å². The van der Waals surface area contributed by atoms with Crippen molar-refractivity contribution in [3.8, 4) is 0 Å². The summed E-state index contributed by atoms with van der Waals surface area (Å²) in [6.07, 6.45) is 20.8. The van der Waals surface area contributed by atoms with Gasteiger partial charge in [0.15, 0.2) is 0 Å². The van der Waals surface area contributed by atoms with Gasteiger partial charge in [0.05, 0.1) is 0 Å². The summed E-state index contributed by atoms with van der Waals surface area (Å²) in [4.78, 5) is 25.2. The zero-order chi connectivity index (χ0) is 32.2. The first-order valence-electron chi connectivity index (χ1n) is 18.8. The van der Waals surface area contributed by atoms with Crippen LogP contribution >= 0.6 is 0 Å². The van der Waals surface area contributed by atoms with E-state index in [1.807, 2.05) is 0 Å². The topological polar surface area (TPSA) is 104 Å². The van der Waals surface area contributed by atoms with Gasteiger partial charge in [0, 0.05) is 39.5 Å². The van der Waals surface area contributed by atoms with Crippen LogP contribution in [0.15, 0.2) is 0 Å². The maximum absolute atomic E-state index is 14.3. The lowest BCUT2D eigenvalue weighted by atomic mass is 9.45. The molecule has 6 heteroatoms. The summed E-state index contributed by atoms with van der Waals surface area (Å²) in [5.74, 6) is -1.13. The van der Waals surface area contributed by atoms with Crippen LogP contribution in [-0.4, -0.2) is 34.1 Å². The molecule has 2 saturated carbocycles. The van der Waals surface area contributed by atoms with Crippen LogP contribution in [-0.2, 0) is 9.59 Å². The predicted octanol–water partition coefficient (Wildman–Crippen LogP) is 6.44. The smallest absolute Gasteiger partial charge is 0.0482 e. The van der Waals surface area contributed by atoms with Gasteiger partial charge < -0.3 is 30.4 Å². The molecule has 4 fully saturated rings. The third kappa shape index (κ3) is 7.06. The molecule has 2 N–H and O–H groups in total. The lowest BCUT2D eigenvalue weighted by Crippen LogP contribution is -2.74. The van der Waals surface area contributed by atoms with Gasteiger partial charge in [0.25, 0.3) is 0 Å². The SMILES string of the molecule is CCC1(C)CC(C(CCCCCCCC(=O)[O-])(C(=O)[O-])C2CC(C)(CC)NC3(CCCCC3)C2C)C(C)C2(CCCCC2)N1. The second-order valence-corrected chi connectivity index (χ2v) is 16.7. The highest BCUT2D eigenvalue weighted by atomic mass is 16.4. The lowest BCUT2D eigenvalue weighted by Gasteiger charge is -2.66. The van der Waals surface area contributed by atoms with E-state index in [0.717, 1.165) is 77.0 Å². The van der Waals surface area contributed by atoms with Crippen molar-refractivity contribution >= 4 is 11.9 Å². The summed E-state index contributed by atoms with van der Waals surface area (Å²) in [5.41, 5.74) is -1.09. The number of carbonyl (C=O) groups excluding carboxylic acids is 2. The van der Waals surface area contributed by atoms with E-state index >= 15 is 0 Å². The molecule has 2 aliphatic carbocycles. The summed E-state index contributed by atoms with van der Waals surface area (Å²) in [6, 6.07) is 0. The summed E-state index contributed by atoms with van der Waals surface area (Å²) >= 11 is 0. The first kappa shape index (κ1) is 35.7. The number of unbranched alkanes of at least 4 members (excludes halogenated alkanes) is 4. The molecule has 44 heavy (non-hydrogen) atoms. The molecule has 2 heterocycles. The lowest BCUT2D eigenvalue weighted by molar-refractivity contribution is -0.332. The van der Waals surface area contributed by atoms with Crippen LogP contribution in [0.25, 0.3) is 0 Å². The molecular weight excluding hydrogens is 548 g/mol. The van der Waals surface area contributed by atoms with Crippen LogP contribution in [0, 0.1) is 29.1 Å². The Bertz CT molecular complexity index is 916. The highest BCUT2D eigenvalue weighted by Gasteiger charge is 2.62. The van der Waals surface area contributed by atoms with E-state index in [-0.39, 0.29) is 52.2 Å². The number of aliphatic carboxylic acids is 2. The Morgan fingerprint density at radius 2 is 1.09 bits per heavy atom. The van der Waals surface area contributed by atoms with Crippen molar-refractivity contribution in [3.63, 3.8) is 0 Å². The van der Waals surface area contributed by atoms with Gasteiger partial charge >= 0.3 is 0 Å². The standard InChI is InChI=1S/C38H68N2O4/c1-7-34(5)26-30(28(3)36(39-34)21-15-12-16-22-36)38(33(43)44,25-19-11-9-10-14-20-32(41)42)31-27-35(6,8-2)40-37(29(31)4)23-17-13-18-24-37/h28-31,39-40H,7-27H2,1-6H3,(H,41,42)(H,43,44)/p-2. The van der Waals surface area contributed by atoms with E-state index in [2.05, 4.69) is 52.2 Å². The molecule has 0 radical (unpaired) electrons. The van der Waals surface area contributed by atoms with Gasteiger partial charge in [-0.3, -0.25) is 0 Å². The monoisotopic (exact) mass is 615 g/mol. The minimum atomic E-state index is -0.980. The summed E-state index contributed by atoms with van der Waals surface area (Å²) in [7, 11) is 0. The largest absolute Gasteiger partial charge is 0.550 e. The van der Waals surface area contributed by atoms with Crippen LogP contribution in [0.5, 0.6) is 0 Å². The Morgan fingerprint density at radius 1 is 0.682 bits per heavy atom. The summed E-state index contributed by atoms with van der Waals surface area (Å²) < 4.78 is 0. The molecule has 2 spiro atoms. The number of nitrogens with one attached hydrogen (secondary N) is 2. The van der Waals surface area contributed by atoms with Gasteiger partial charge in [0.2, 0.25) is 0 Å². The van der Waals surface area contributed by atoms with E-state index < -0.39 is 17.4 Å². The van der Waals surface area contributed by atoms with E-state index in [1.54, 1.807) is 0 Å². The van der Waals surface area contributed by atoms with Crippen LogP contribution in [0.1, 0.15) is 176 Å². The molecular formula is C38H66N2O4-2. The minimum Gasteiger partial charge on any atom is -0.550 e. The number of carbonyl (C=O) groups is 2. The van der Waals surface area contributed by atoms with E-state index in [4.69, 9.17) is 0 Å². The van der Waals surface area contributed by atoms with Crippen molar-refractivity contribution in [1.29, 1.82) is 0 Å². The van der Waals surface area contributed by atoms with Gasteiger partial charge in [-0.2, -0.15) is 0 Å². The fourth-order valence-corrected chi connectivity index (χ4v) is 11.1. The van der Waals surface area contributed by atoms with Crippen LogP contribution in [0.2, 0.25) is 0 Å². The summed E-state index contributed by atoms with van der Waals surface area (Å²) in [6.45, 7) is 14.1. The Balaban J connectivity index is 1.78. The van der Waals surface area contributed by atoms with Gasteiger partial charge in [0.1, 0.15) is 0 Å². The Labute approximate surface area is 269 Å². The second-order valence-electron chi connectivity index (χ2n) is 16.7. The number of rotatable bonds is 13. The van der Waals surface area contributed by atoms with Crippen molar-refractivity contribution in [3.05, 3.63) is 0 Å². The third-order valence-corrected chi connectivity index (χ3v) is 14.1. The number of carboxylic acid groups (broad SMARTS) is 2. The Kier molecular flexibility index (Phi) is 11.6. The minimum absolute atomic E-state index is 0.00969. The fraction of sp³-hybridized carbons (Fsp3) is 0.947. The molecule has 6 unspecified atom stereocenters. The van der Waals surface area contributed by atoms with Crippen molar-refractivity contribution < 1.29 is 19.8 Å². The molecule has 0 aromatic heterocycles. The molecule has 0 bridgehead atoms. The highest BCUT2D eigenvalue weighted by Crippen LogP contribution is 2.61.